The Morgan fingerprint density at radius 2 is 1.91 bits per heavy atom. The summed E-state index contributed by atoms with van der Waals surface area (Å²) in [7, 11) is 0. The van der Waals surface area contributed by atoms with Crippen LogP contribution in [0.3, 0.4) is 0 Å². The Morgan fingerprint density at radius 3 is 2.70 bits per heavy atom. The van der Waals surface area contributed by atoms with Crippen molar-refractivity contribution in [1.82, 2.24) is 5.32 Å². The van der Waals surface area contributed by atoms with E-state index in [1.165, 1.54) is 16.7 Å². The number of benzene rings is 2. The zero-order valence-corrected chi connectivity index (χ0v) is 15.4. The van der Waals surface area contributed by atoms with Gasteiger partial charge in [-0.2, -0.15) is 11.8 Å². The average Bonchev–Trinajstić information content (AvgIpc) is 2.52. The summed E-state index contributed by atoms with van der Waals surface area (Å²) in [4.78, 5) is 0. The number of anilines is 1. The van der Waals surface area contributed by atoms with Crippen LogP contribution in [0.15, 0.2) is 48.5 Å². The number of aryl methyl sites for hydroxylation is 2. The van der Waals surface area contributed by atoms with Crippen molar-refractivity contribution in [2.45, 2.75) is 26.0 Å². The fourth-order valence-corrected chi connectivity index (χ4v) is 3.48. The molecule has 2 aromatic rings. The van der Waals surface area contributed by atoms with Gasteiger partial charge in [0.1, 0.15) is 0 Å². The predicted octanol–water partition coefficient (Wildman–Crippen LogP) is 4.91. The van der Waals surface area contributed by atoms with Crippen LogP contribution in [0.25, 0.3) is 0 Å². The van der Waals surface area contributed by atoms with Crippen LogP contribution in [0.1, 0.15) is 23.1 Å². The molecule has 0 radical (unpaired) electrons. The van der Waals surface area contributed by atoms with Crippen molar-refractivity contribution in [1.29, 1.82) is 0 Å². The molecule has 2 nitrogen and oxygen atoms in total. The molecule has 0 aromatic heterocycles. The molecule has 23 heavy (non-hydrogen) atoms. The molecule has 4 heteroatoms. The summed E-state index contributed by atoms with van der Waals surface area (Å²) in [5.41, 5.74) is 5.07. The van der Waals surface area contributed by atoms with Crippen LogP contribution in [0.4, 0.5) is 5.69 Å². The topological polar surface area (TPSA) is 24.1 Å². The standard InChI is InChI=1S/C19H24N2S2/c1-15-7-5-10-18(13-15)21-19(22)20-11-6-12-23-14-17-9-4-3-8-16(17)2/h3-5,7-10,13H,6,11-12,14H2,1-2H3,(H2,20,21,22). The molecule has 0 aliphatic rings. The Kier molecular flexibility index (Phi) is 7.43. The van der Waals surface area contributed by atoms with Gasteiger partial charge in [-0.25, -0.2) is 0 Å². The maximum absolute atomic E-state index is 5.32. The van der Waals surface area contributed by atoms with Crippen molar-refractivity contribution in [3.8, 4) is 0 Å². The van der Waals surface area contributed by atoms with Crippen molar-refractivity contribution >= 4 is 34.8 Å². The summed E-state index contributed by atoms with van der Waals surface area (Å²) in [6, 6.07) is 16.8. The van der Waals surface area contributed by atoms with Gasteiger partial charge in [-0.1, -0.05) is 36.4 Å². The van der Waals surface area contributed by atoms with Gasteiger partial charge in [0.25, 0.3) is 0 Å². The van der Waals surface area contributed by atoms with Crippen LogP contribution < -0.4 is 10.6 Å². The molecule has 0 saturated carbocycles. The maximum Gasteiger partial charge on any atom is 0.170 e. The number of hydrogen-bond donors (Lipinski definition) is 2. The highest BCUT2D eigenvalue weighted by atomic mass is 32.2. The number of hydrogen-bond acceptors (Lipinski definition) is 2. The number of thioether (sulfide) groups is 1. The Morgan fingerprint density at radius 1 is 1.09 bits per heavy atom. The van der Waals surface area contributed by atoms with Gasteiger partial charge in [-0.15, -0.1) is 0 Å². The van der Waals surface area contributed by atoms with E-state index < -0.39 is 0 Å². The SMILES string of the molecule is Cc1cccc(NC(=S)NCCCSCc2ccccc2C)c1. The minimum Gasteiger partial charge on any atom is -0.362 e. The largest absolute Gasteiger partial charge is 0.362 e. The highest BCUT2D eigenvalue weighted by molar-refractivity contribution is 7.98. The summed E-state index contributed by atoms with van der Waals surface area (Å²) >= 11 is 7.30. The van der Waals surface area contributed by atoms with Crippen molar-refractivity contribution in [2.24, 2.45) is 0 Å². The van der Waals surface area contributed by atoms with E-state index in [-0.39, 0.29) is 0 Å². The van der Waals surface area contributed by atoms with Crippen LogP contribution in [0, 0.1) is 13.8 Å². The van der Waals surface area contributed by atoms with E-state index in [9.17, 15) is 0 Å². The van der Waals surface area contributed by atoms with Crippen LogP contribution >= 0.6 is 24.0 Å². The summed E-state index contributed by atoms with van der Waals surface area (Å²) in [5.74, 6) is 2.22. The van der Waals surface area contributed by atoms with Gasteiger partial charge in [0, 0.05) is 18.0 Å². The van der Waals surface area contributed by atoms with Gasteiger partial charge in [0.05, 0.1) is 0 Å². The quantitative estimate of drug-likeness (QED) is 0.550. The van der Waals surface area contributed by atoms with E-state index in [1.54, 1.807) is 0 Å². The monoisotopic (exact) mass is 344 g/mol. The highest BCUT2D eigenvalue weighted by Crippen LogP contribution is 2.16. The lowest BCUT2D eigenvalue weighted by Crippen LogP contribution is -2.29. The molecule has 0 aliphatic carbocycles. The summed E-state index contributed by atoms with van der Waals surface area (Å²) in [6.45, 7) is 5.15. The van der Waals surface area contributed by atoms with Gasteiger partial charge in [-0.05, 0) is 67.1 Å². The van der Waals surface area contributed by atoms with E-state index >= 15 is 0 Å². The molecule has 122 valence electrons. The molecule has 0 atom stereocenters. The van der Waals surface area contributed by atoms with Gasteiger partial charge in [0.15, 0.2) is 5.11 Å². The summed E-state index contributed by atoms with van der Waals surface area (Å²) in [5, 5.41) is 7.18. The first-order chi connectivity index (χ1) is 11.1. The molecule has 0 saturated heterocycles. The highest BCUT2D eigenvalue weighted by Gasteiger charge is 1.99. The summed E-state index contributed by atoms with van der Waals surface area (Å²) in [6.07, 6.45) is 1.10. The Bertz CT molecular complexity index is 641. The smallest absolute Gasteiger partial charge is 0.170 e. The molecule has 0 amide bonds. The molecule has 2 rings (SSSR count). The molecule has 2 N–H and O–H groups in total. The van der Waals surface area contributed by atoms with E-state index in [2.05, 4.69) is 60.9 Å². The second-order valence-corrected chi connectivity index (χ2v) is 7.10. The first-order valence-electron chi connectivity index (χ1n) is 7.89. The zero-order chi connectivity index (χ0) is 16.5. The van der Waals surface area contributed by atoms with Gasteiger partial charge in [0.2, 0.25) is 0 Å². The minimum absolute atomic E-state index is 0.694. The third-order valence-corrected chi connectivity index (χ3v) is 4.88. The normalized spacial score (nSPS) is 10.3. The van der Waals surface area contributed by atoms with Gasteiger partial charge in [-0.3, -0.25) is 0 Å². The van der Waals surface area contributed by atoms with Crippen molar-refractivity contribution < 1.29 is 0 Å². The molecule has 0 fully saturated rings. The Hall–Kier alpha value is -1.52. The number of nitrogens with one attached hydrogen (secondary N) is 2. The molecule has 0 aliphatic heterocycles. The average molecular weight is 345 g/mol. The lowest BCUT2D eigenvalue weighted by atomic mass is 10.1. The fraction of sp³-hybridized carbons (Fsp3) is 0.316. The van der Waals surface area contributed by atoms with E-state index in [0.717, 1.165) is 30.2 Å². The molecule has 0 bridgehead atoms. The first-order valence-corrected chi connectivity index (χ1v) is 9.45. The first kappa shape index (κ1) is 17.8. The third-order valence-electron chi connectivity index (χ3n) is 3.55. The van der Waals surface area contributed by atoms with Crippen LogP contribution in [0.2, 0.25) is 0 Å². The Balaban J connectivity index is 1.58. The lowest BCUT2D eigenvalue weighted by Gasteiger charge is -2.11. The van der Waals surface area contributed by atoms with Crippen LogP contribution in [-0.4, -0.2) is 17.4 Å². The van der Waals surface area contributed by atoms with Crippen LogP contribution in [0.5, 0.6) is 0 Å². The van der Waals surface area contributed by atoms with Crippen molar-refractivity contribution in [3.05, 3.63) is 65.2 Å². The van der Waals surface area contributed by atoms with Gasteiger partial charge >= 0.3 is 0 Å². The Labute approximate surface area is 149 Å². The van der Waals surface area contributed by atoms with Crippen molar-refractivity contribution in [3.63, 3.8) is 0 Å². The molecule has 0 unspecified atom stereocenters. The molecule has 0 heterocycles. The predicted molar refractivity (Wildman–Crippen MR) is 107 cm³/mol. The number of thiocarbonyl (C=S) groups is 1. The lowest BCUT2D eigenvalue weighted by molar-refractivity contribution is 0.854. The van der Waals surface area contributed by atoms with Crippen LogP contribution in [-0.2, 0) is 5.75 Å². The fourth-order valence-electron chi connectivity index (χ4n) is 2.23. The second kappa shape index (κ2) is 9.58. The van der Waals surface area contributed by atoms with Crippen molar-refractivity contribution in [2.75, 3.05) is 17.6 Å². The van der Waals surface area contributed by atoms with E-state index in [0.29, 0.717) is 5.11 Å². The molecule has 2 aromatic carbocycles. The maximum atomic E-state index is 5.32. The molecule has 0 spiro atoms. The minimum atomic E-state index is 0.694. The third kappa shape index (κ3) is 6.63. The van der Waals surface area contributed by atoms with Gasteiger partial charge < -0.3 is 10.6 Å². The molecular formula is C19H24N2S2. The van der Waals surface area contributed by atoms with E-state index in [1.807, 2.05) is 23.9 Å². The molecular weight excluding hydrogens is 320 g/mol. The number of rotatable bonds is 7. The van der Waals surface area contributed by atoms with E-state index in [4.69, 9.17) is 12.2 Å². The summed E-state index contributed by atoms with van der Waals surface area (Å²) < 4.78 is 0. The second-order valence-electron chi connectivity index (χ2n) is 5.58. The zero-order valence-electron chi connectivity index (χ0n) is 13.8.